The van der Waals surface area contributed by atoms with E-state index >= 15 is 0 Å². The van der Waals surface area contributed by atoms with Crippen molar-refractivity contribution in [2.45, 2.75) is 4.90 Å². The predicted octanol–water partition coefficient (Wildman–Crippen LogP) is 3.64. The second-order valence-electron chi connectivity index (χ2n) is 5.26. The summed E-state index contributed by atoms with van der Waals surface area (Å²) in [6.07, 6.45) is 3.04. The van der Waals surface area contributed by atoms with Crippen molar-refractivity contribution in [1.82, 2.24) is 4.98 Å². The minimum Gasteiger partial charge on any atom is -0.322 e. The van der Waals surface area contributed by atoms with Crippen LogP contribution in [0.15, 0.2) is 47.4 Å². The van der Waals surface area contributed by atoms with Crippen LogP contribution in [-0.4, -0.2) is 31.8 Å². The van der Waals surface area contributed by atoms with Gasteiger partial charge in [-0.15, -0.1) is 11.8 Å². The highest BCUT2D eigenvalue weighted by Crippen LogP contribution is 2.28. The Morgan fingerprint density at radius 3 is 2.72 bits per heavy atom. The molecule has 0 aliphatic heterocycles. The lowest BCUT2D eigenvalue weighted by Crippen LogP contribution is -2.11. The monoisotopic (exact) mass is 393 g/mol. The highest BCUT2D eigenvalue weighted by molar-refractivity contribution is 7.98. The Bertz CT molecular complexity index is 1040. The summed E-state index contributed by atoms with van der Waals surface area (Å²) in [6, 6.07) is 12.7. The van der Waals surface area contributed by atoms with Crippen LogP contribution in [0.1, 0.15) is 10.4 Å². The minimum absolute atomic E-state index is 0.230. The molecule has 0 saturated carbocycles. The number of amides is 1. The highest BCUT2D eigenvalue weighted by Gasteiger charge is 2.12. The van der Waals surface area contributed by atoms with Crippen LogP contribution >= 0.6 is 23.1 Å². The van der Waals surface area contributed by atoms with Crippen molar-refractivity contribution in [2.24, 2.45) is 0 Å². The number of anilines is 2. The molecule has 6 nitrogen and oxygen atoms in total. The third-order valence-corrected chi connectivity index (χ3v) is 5.60. The molecule has 2 N–H and O–H groups in total. The molecular formula is C16H15N3O3S3. The van der Waals surface area contributed by atoms with Crippen molar-refractivity contribution in [1.29, 1.82) is 0 Å². The summed E-state index contributed by atoms with van der Waals surface area (Å²) in [6.45, 7) is 0. The zero-order valence-electron chi connectivity index (χ0n) is 13.4. The maximum absolute atomic E-state index is 12.4. The second-order valence-corrected chi connectivity index (χ2v) is 8.92. The third-order valence-electron chi connectivity index (χ3n) is 3.25. The van der Waals surface area contributed by atoms with Crippen molar-refractivity contribution < 1.29 is 13.2 Å². The number of hydrogen-bond acceptors (Lipinski definition) is 6. The zero-order chi connectivity index (χ0) is 18.0. The van der Waals surface area contributed by atoms with E-state index in [-0.39, 0.29) is 11.0 Å². The number of sulfonamides is 1. The van der Waals surface area contributed by atoms with Crippen molar-refractivity contribution >= 4 is 60.1 Å². The molecule has 3 rings (SSSR count). The smallest absolute Gasteiger partial charge is 0.255 e. The molecule has 0 spiro atoms. The number of thioether (sulfide) groups is 1. The van der Waals surface area contributed by atoms with Crippen LogP contribution in [0.5, 0.6) is 0 Å². The summed E-state index contributed by atoms with van der Waals surface area (Å²) >= 11 is 2.78. The molecule has 0 bridgehead atoms. The van der Waals surface area contributed by atoms with Crippen LogP contribution in [0, 0.1) is 0 Å². The number of hydrogen-bond donors (Lipinski definition) is 2. The molecule has 1 amide bonds. The Morgan fingerprint density at radius 1 is 1.20 bits per heavy atom. The first-order valence-corrected chi connectivity index (χ1v) is 11.1. The SMILES string of the molecule is CSc1cccc(NC(=O)c2ccc3nc(NS(C)(=O)=O)sc3c2)c1. The minimum atomic E-state index is -3.38. The maximum atomic E-state index is 12.4. The van der Waals surface area contributed by atoms with Crippen molar-refractivity contribution in [3.63, 3.8) is 0 Å². The fourth-order valence-electron chi connectivity index (χ4n) is 2.17. The largest absolute Gasteiger partial charge is 0.322 e. The van der Waals surface area contributed by atoms with Gasteiger partial charge in [0.15, 0.2) is 5.13 Å². The number of fused-ring (bicyclic) bond motifs is 1. The molecule has 0 aliphatic carbocycles. The summed E-state index contributed by atoms with van der Waals surface area (Å²) in [5.41, 5.74) is 1.84. The summed E-state index contributed by atoms with van der Waals surface area (Å²) < 4.78 is 25.7. The fourth-order valence-corrected chi connectivity index (χ4v) is 4.37. The summed E-state index contributed by atoms with van der Waals surface area (Å²) in [5, 5.41) is 3.14. The van der Waals surface area contributed by atoms with Gasteiger partial charge in [-0.05, 0) is 42.7 Å². The van der Waals surface area contributed by atoms with Crippen LogP contribution in [0.25, 0.3) is 10.2 Å². The van der Waals surface area contributed by atoms with E-state index in [1.165, 1.54) is 11.3 Å². The maximum Gasteiger partial charge on any atom is 0.255 e. The zero-order valence-corrected chi connectivity index (χ0v) is 15.9. The second kappa shape index (κ2) is 7.03. The lowest BCUT2D eigenvalue weighted by Gasteiger charge is -2.06. The van der Waals surface area contributed by atoms with Gasteiger partial charge in [0.05, 0.1) is 16.5 Å². The van der Waals surface area contributed by atoms with E-state index in [0.29, 0.717) is 11.1 Å². The van der Waals surface area contributed by atoms with E-state index in [1.807, 2.05) is 30.5 Å². The van der Waals surface area contributed by atoms with Gasteiger partial charge in [0.25, 0.3) is 5.91 Å². The Kier molecular flexibility index (Phi) is 4.98. The predicted molar refractivity (Wildman–Crippen MR) is 104 cm³/mol. The average Bonchev–Trinajstić information content (AvgIpc) is 2.94. The van der Waals surface area contributed by atoms with Gasteiger partial charge in [-0.25, -0.2) is 13.4 Å². The lowest BCUT2D eigenvalue weighted by molar-refractivity contribution is 0.102. The lowest BCUT2D eigenvalue weighted by atomic mass is 10.2. The summed E-state index contributed by atoms with van der Waals surface area (Å²) in [7, 11) is -3.38. The normalized spacial score (nSPS) is 11.4. The Balaban J connectivity index is 1.84. The Morgan fingerprint density at radius 2 is 2.00 bits per heavy atom. The first-order chi connectivity index (χ1) is 11.8. The standard InChI is InChI=1S/C16H15N3O3S3/c1-23-12-5-3-4-11(9-12)17-15(20)10-6-7-13-14(8-10)24-16(18-13)19-25(2,21)22/h3-9H,1-2H3,(H,17,20)(H,18,19). The number of nitrogens with zero attached hydrogens (tertiary/aromatic N) is 1. The number of carbonyl (C=O) groups is 1. The molecule has 1 aromatic heterocycles. The molecule has 0 aliphatic rings. The number of rotatable bonds is 5. The fraction of sp³-hybridized carbons (Fsp3) is 0.125. The van der Waals surface area contributed by atoms with Crippen molar-refractivity contribution in [2.75, 3.05) is 22.6 Å². The molecular weight excluding hydrogens is 378 g/mol. The van der Waals surface area contributed by atoms with Crippen LogP contribution in [-0.2, 0) is 10.0 Å². The molecule has 0 atom stereocenters. The van der Waals surface area contributed by atoms with E-state index in [1.54, 1.807) is 30.0 Å². The molecule has 0 unspecified atom stereocenters. The van der Waals surface area contributed by atoms with Gasteiger partial charge in [-0.3, -0.25) is 9.52 Å². The molecule has 0 fully saturated rings. The first kappa shape index (κ1) is 17.7. The van der Waals surface area contributed by atoms with Gasteiger partial charge in [0.2, 0.25) is 10.0 Å². The van der Waals surface area contributed by atoms with Gasteiger partial charge in [0.1, 0.15) is 0 Å². The Labute approximate surface area is 153 Å². The molecule has 130 valence electrons. The number of nitrogens with one attached hydrogen (secondary N) is 2. The summed E-state index contributed by atoms with van der Waals surface area (Å²) in [4.78, 5) is 17.7. The number of aromatic nitrogens is 1. The number of benzene rings is 2. The van der Waals surface area contributed by atoms with Crippen LogP contribution < -0.4 is 10.0 Å². The molecule has 0 radical (unpaired) electrons. The van der Waals surface area contributed by atoms with Gasteiger partial charge in [-0.2, -0.15) is 0 Å². The quantitative estimate of drug-likeness (QED) is 0.646. The van der Waals surface area contributed by atoms with Crippen molar-refractivity contribution in [3.8, 4) is 0 Å². The van der Waals surface area contributed by atoms with E-state index in [2.05, 4.69) is 15.0 Å². The molecule has 3 aromatic rings. The van der Waals surface area contributed by atoms with E-state index < -0.39 is 10.0 Å². The Hall–Kier alpha value is -2.10. The molecule has 25 heavy (non-hydrogen) atoms. The van der Waals surface area contributed by atoms with E-state index in [4.69, 9.17) is 0 Å². The molecule has 1 heterocycles. The highest BCUT2D eigenvalue weighted by atomic mass is 32.2. The van der Waals surface area contributed by atoms with E-state index in [0.717, 1.165) is 21.5 Å². The van der Waals surface area contributed by atoms with Crippen molar-refractivity contribution in [3.05, 3.63) is 48.0 Å². The van der Waals surface area contributed by atoms with Gasteiger partial charge >= 0.3 is 0 Å². The van der Waals surface area contributed by atoms with Gasteiger partial charge < -0.3 is 5.32 Å². The summed E-state index contributed by atoms with van der Waals surface area (Å²) in [5.74, 6) is -0.230. The van der Waals surface area contributed by atoms with Gasteiger partial charge in [0, 0.05) is 16.1 Å². The first-order valence-electron chi connectivity index (χ1n) is 7.18. The van der Waals surface area contributed by atoms with Crippen LogP contribution in [0.4, 0.5) is 10.8 Å². The van der Waals surface area contributed by atoms with Crippen LogP contribution in [0.3, 0.4) is 0 Å². The molecule has 0 saturated heterocycles. The number of carbonyl (C=O) groups excluding carboxylic acids is 1. The topological polar surface area (TPSA) is 88.2 Å². The molecule has 2 aromatic carbocycles. The average molecular weight is 394 g/mol. The van der Waals surface area contributed by atoms with Gasteiger partial charge in [-0.1, -0.05) is 17.4 Å². The van der Waals surface area contributed by atoms with Crippen LogP contribution in [0.2, 0.25) is 0 Å². The third kappa shape index (κ3) is 4.50. The molecule has 9 heteroatoms. The van der Waals surface area contributed by atoms with E-state index in [9.17, 15) is 13.2 Å². The number of thiazole rings is 1.